The van der Waals surface area contributed by atoms with Crippen molar-refractivity contribution in [3.05, 3.63) is 0 Å². The van der Waals surface area contributed by atoms with E-state index in [1.165, 1.54) is 19.8 Å². The summed E-state index contributed by atoms with van der Waals surface area (Å²) in [4.78, 5) is 10.6. The maximum absolute atomic E-state index is 10.6. The quantitative estimate of drug-likeness (QED) is 0.538. The van der Waals surface area contributed by atoms with Crippen molar-refractivity contribution in [3.8, 4) is 0 Å². The van der Waals surface area contributed by atoms with Crippen molar-refractivity contribution >= 4 is 5.78 Å². The third-order valence-electron chi connectivity index (χ3n) is 1.82. The molecule has 0 spiro atoms. The fourth-order valence-corrected chi connectivity index (χ4v) is 1.01. The van der Waals surface area contributed by atoms with Gasteiger partial charge in [-0.25, -0.2) is 0 Å². The van der Waals surface area contributed by atoms with Gasteiger partial charge in [-0.3, -0.25) is 4.79 Å². The SMILES string of the molecule is CCCCCOC[C@H](C)OCC(C)=O. The Labute approximate surface area is 86.8 Å². The summed E-state index contributed by atoms with van der Waals surface area (Å²) in [7, 11) is 0. The zero-order valence-corrected chi connectivity index (χ0v) is 9.54. The molecule has 0 aromatic carbocycles. The van der Waals surface area contributed by atoms with Crippen LogP contribution in [0.5, 0.6) is 0 Å². The number of rotatable bonds is 9. The Hall–Kier alpha value is -0.410. The Kier molecular flexibility index (Phi) is 8.89. The molecule has 84 valence electrons. The van der Waals surface area contributed by atoms with Crippen molar-refractivity contribution in [1.82, 2.24) is 0 Å². The fourth-order valence-electron chi connectivity index (χ4n) is 1.01. The van der Waals surface area contributed by atoms with Crippen LogP contribution in [0.25, 0.3) is 0 Å². The van der Waals surface area contributed by atoms with Crippen LogP contribution in [-0.2, 0) is 14.3 Å². The van der Waals surface area contributed by atoms with Crippen LogP contribution >= 0.6 is 0 Å². The monoisotopic (exact) mass is 202 g/mol. The Bertz CT molecular complexity index is 145. The molecule has 0 fully saturated rings. The molecular weight excluding hydrogens is 180 g/mol. The van der Waals surface area contributed by atoms with Crippen molar-refractivity contribution in [3.63, 3.8) is 0 Å². The van der Waals surface area contributed by atoms with Gasteiger partial charge in [0.2, 0.25) is 0 Å². The van der Waals surface area contributed by atoms with E-state index in [-0.39, 0.29) is 18.5 Å². The lowest BCUT2D eigenvalue weighted by Gasteiger charge is -2.12. The van der Waals surface area contributed by atoms with Gasteiger partial charge in [-0.05, 0) is 20.3 Å². The number of carbonyl (C=O) groups excluding carboxylic acids is 1. The maximum Gasteiger partial charge on any atom is 0.155 e. The van der Waals surface area contributed by atoms with E-state index in [2.05, 4.69) is 6.92 Å². The van der Waals surface area contributed by atoms with E-state index < -0.39 is 0 Å². The van der Waals surface area contributed by atoms with Crippen molar-refractivity contribution < 1.29 is 14.3 Å². The fraction of sp³-hybridized carbons (Fsp3) is 0.909. The van der Waals surface area contributed by atoms with E-state index in [1.54, 1.807) is 0 Å². The standard InChI is InChI=1S/C11H22O3/c1-4-5-6-7-13-9-11(3)14-8-10(2)12/h11H,4-9H2,1-3H3/t11-/m0/s1. The third-order valence-corrected chi connectivity index (χ3v) is 1.82. The van der Waals surface area contributed by atoms with Gasteiger partial charge in [0.25, 0.3) is 0 Å². The van der Waals surface area contributed by atoms with Crippen LogP contribution in [-0.4, -0.2) is 31.7 Å². The maximum atomic E-state index is 10.6. The first-order valence-corrected chi connectivity index (χ1v) is 5.35. The molecule has 3 heteroatoms. The molecule has 0 aromatic heterocycles. The highest BCUT2D eigenvalue weighted by Gasteiger charge is 2.03. The molecule has 0 aliphatic rings. The summed E-state index contributed by atoms with van der Waals surface area (Å²) >= 11 is 0. The highest BCUT2D eigenvalue weighted by molar-refractivity contribution is 5.76. The topological polar surface area (TPSA) is 35.5 Å². The highest BCUT2D eigenvalue weighted by atomic mass is 16.5. The molecule has 0 saturated carbocycles. The molecule has 0 amide bonds. The largest absolute Gasteiger partial charge is 0.379 e. The second-order valence-corrected chi connectivity index (χ2v) is 3.61. The predicted octanol–water partition coefficient (Wildman–Crippen LogP) is 2.19. The van der Waals surface area contributed by atoms with Gasteiger partial charge in [0.05, 0.1) is 12.7 Å². The summed E-state index contributed by atoms with van der Waals surface area (Å²) in [5.74, 6) is 0.0582. The molecule has 1 atom stereocenters. The van der Waals surface area contributed by atoms with E-state index in [0.717, 1.165) is 13.0 Å². The summed E-state index contributed by atoms with van der Waals surface area (Å²) in [6.45, 7) is 7.17. The molecule has 0 aliphatic heterocycles. The number of ether oxygens (including phenoxy) is 2. The van der Waals surface area contributed by atoms with Gasteiger partial charge >= 0.3 is 0 Å². The van der Waals surface area contributed by atoms with Gasteiger partial charge in [0.15, 0.2) is 5.78 Å². The molecule has 0 bridgehead atoms. The lowest BCUT2D eigenvalue weighted by atomic mass is 10.3. The molecule has 14 heavy (non-hydrogen) atoms. The first-order chi connectivity index (χ1) is 6.66. The van der Waals surface area contributed by atoms with Gasteiger partial charge in [-0.2, -0.15) is 0 Å². The van der Waals surface area contributed by atoms with Gasteiger partial charge < -0.3 is 9.47 Å². The normalized spacial score (nSPS) is 12.8. The molecule has 0 radical (unpaired) electrons. The second kappa shape index (κ2) is 9.16. The molecule has 0 aromatic rings. The zero-order valence-electron chi connectivity index (χ0n) is 9.54. The minimum absolute atomic E-state index is 0.0144. The van der Waals surface area contributed by atoms with Gasteiger partial charge in [-0.1, -0.05) is 19.8 Å². The average molecular weight is 202 g/mol. The van der Waals surface area contributed by atoms with Crippen LogP contribution in [0.4, 0.5) is 0 Å². The van der Waals surface area contributed by atoms with Crippen LogP contribution < -0.4 is 0 Å². The van der Waals surface area contributed by atoms with Gasteiger partial charge in [0.1, 0.15) is 6.61 Å². The Morgan fingerprint density at radius 3 is 2.64 bits per heavy atom. The summed E-state index contributed by atoms with van der Waals surface area (Å²) in [6.07, 6.45) is 3.54. The number of unbranched alkanes of at least 4 members (excludes halogenated alkanes) is 2. The number of ketones is 1. The molecule has 3 nitrogen and oxygen atoms in total. The molecule has 0 saturated heterocycles. The minimum atomic E-state index is 0.0144. The molecule has 0 unspecified atom stereocenters. The van der Waals surface area contributed by atoms with Gasteiger partial charge in [-0.15, -0.1) is 0 Å². The Morgan fingerprint density at radius 1 is 1.36 bits per heavy atom. The van der Waals surface area contributed by atoms with Crippen LogP contribution in [0.3, 0.4) is 0 Å². The number of hydrogen-bond donors (Lipinski definition) is 0. The number of Topliss-reactive ketones (excluding diaryl/α,β-unsaturated/α-hetero) is 1. The molecule has 0 rings (SSSR count). The molecular formula is C11H22O3. The van der Waals surface area contributed by atoms with Crippen LogP contribution in [0, 0.1) is 0 Å². The van der Waals surface area contributed by atoms with E-state index in [4.69, 9.17) is 9.47 Å². The lowest BCUT2D eigenvalue weighted by Crippen LogP contribution is -2.19. The van der Waals surface area contributed by atoms with Crippen LogP contribution in [0.2, 0.25) is 0 Å². The third kappa shape index (κ3) is 9.68. The number of carbonyl (C=O) groups is 1. The van der Waals surface area contributed by atoms with E-state index >= 15 is 0 Å². The minimum Gasteiger partial charge on any atom is -0.379 e. The van der Waals surface area contributed by atoms with Crippen LogP contribution in [0.1, 0.15) is 40.0 Å². The summed E-state index contributed by atoms with van der Waals surface area (Å²) in [6, 6.07) is 0. The number of hydrogen-bond acceptors (Lipinski definition) is 3. The first-order valence-electron chi connectivity index (χ1n) is 5.35. The molecule has 0 N–H and O–H groups in total. The Balaban J connectivity index is 3.18. The average Bonchev–Trinajstić information content (AvgIpc) is 2.14. The summed E-state index contributed by atoms with van der Waals surface area (Å²) < 4.78 is 10.6. The van der Waals surface area contributed by atoms with Gasteiger partial charge in [0, 0.05) is 6.61 Å². The smallest absolute Gasteiger partial charge is 0.155 e. The second-order valence-electron chi connectivity index (χ2n) is 3.61. The molecule has 0 aliphatic carbocycles. The van der Waals surface area contributed by atoms with Crippen molar-refractivity contribution in [2.75, 3.05) is 19.8 Å². The first kappa shape index (κ1) is 13.6. The Morgan fingerprint density at radius 2 is 2.07 bits per heavy atom. The van der Waals surface area contributed by atoms with E-state index in [9.17, 15) is 4.79 Å². The van der Waals surface area contributed by atoms with Crippen molar-refractivity contribution in [1.29, 1.82) is 0 Å². The highest BCUT2D eigenvalue weighted by Crippen LogP contribution is 1.97. The van der Waals surface area contributed by atoms with Crippen molar-refractivity contribution in [2.45, 2.75) is 46.1 Å². The summed E-state index contributed by atoms with van der Waals surface area (Å²) in [5.41, 5.74) is 0. The van der Waals surface area contributed by atoms with Crippen LogP contribution in [0.15, 0.2) is 0 Å². The zero-order chi connectivity index (χ0) is 10.8. The van der Waals surface area contributed by atoms with E-state index in [1.807, 2.05) is 6.92 Å². The van der Waals surface area contributed by atoms with E-state index in [0.29, 0.717) is 6.61 Å². The van der Waals surface area contributed by atoms with Crippen molar-refractivity contribution in [2.24, 2.45) is 0 Å². The predicted molar refractivity (Wildman–Crippen MR) is 56.4 cm³/mol. The summed E-state index contributed by atoms with van der Waals surface area (Å²) in [5, 5.41) is 0. The molecule has 0 heterocycles. The lowest BCUT2D eigenvalue weighted by molar-refractivity contribution is -0.124.